The van der Waals surface area contributed by atoms with Crippen molar-refractivity contribution in [3.8, 4) is 5.75 Å². The molecule has 1 unspecified atom stereocenters. The van der Waals surface area contributed by atoms with Crippen molar-refractivity contribution in [1.29, 1.82) is 0 Å². The number of rotatable bonds is 6. The summed E-state index contributed by atoms with van der Waals surface area (Å²) in [6.07, 6.45) is 1.80. The number of hydrogen-bond acceptors (Lipinski definition) is 6. The number of para-hydroxylation sites is 1. The van der Waals surface area contributed by atoms with Gasteiger partial charge >= 0.3 is 0 Å². The number of carbonyl (C=O) groups is 2. The molecule has 1 atom stereocenters. The maximum absolute atomic E-state index is 12.6. The predicted octanol–water partition coefficient (Wildman–Crippen LogP) is 3.88. The quantitative estimate of drug-likeness (QED) is 0.634. The van der Waals surface area contributed by atoms with Crippen LogP contribution in [0.1, 0.15) is 39.1 Å². The van der Waals surface area contributed by atoms with Crippen molar-refractivity contribution in [2.75, 3.05) is 25.0 Å². The SMILES string of the molecule is Cc1ccc(NC(=O)c2nnc(C3CCCN(C(=O)COc4ccccc4)C3)s2)cc1. The molecule has 0 aliphatic carbocycles. The summed E-state index contributed by atoms with van der Waals surface area (Å²) < 4.78 is 5.59. The molecule has 2 amide bonds. The van der Waals surface area contributed by atoms with Gasteiger partial charge in [0.05, 0.1) is 0 Å². The van der Waals surface area contributed by atoms with E-state index in [9.17, 15) is 9.59 Å². The number of benzene rings is 2. The fourth-order valence-corrected chi connectivity index (χ4v) is 4.34. The van der Waals surface area contributed by atoms with E-state index in [1.807, 2.05) is 66.4 Å². The highest BCUT2D eigenvalue weighted by atomic mass is 32.1. The molecule has 4 rings (SSSR count). The Balaban J connectivity index is 1.34. The largest absolute Gasteiger partial charge is 0.484 e. The molecule has 0 spiro atoms. The van der Waals surface area contributed by atoms with E-state index in [1.54, 1.807) is 0 Å². The third kappa shape index (κ3) is 5.46. The molecule has 0 radical (unpaired) electrons. The number of nitrogens with zero attached hydrogens (tertiary/aromatic N) is 3. The van der Waals surface area contributed by atoms with Crippen molar-refractivity contribution in [1.82, 2.24) is 15.1 Å². The van der Waals surface area contributed by atoms with Gasteiger partial charge in [-0.2, -0.15) is 0 Å². The van der Waals surface area contributed by atoms with Gasteiger partial charge in [-0.3, -0.25) is 9.59 Å². The summed E-state index contributed by atoms with van der Waals surface area (Å²) >= 11 is 1.29. The smallest absolute Gasteiger partial charge is 0.286 e. The molecule has 7 nitrogen and oxygen atoms in total. The number of piperidine rings is 1. The number of aryl methyl sites for hydroxylation is 1. The number of likely N-dealkylation sites (tertiary alicyclic amines) is 1. The van der Waals surface area contributed by atoms with Crippen molar-refractivity contribution in [2.45, 2.75) is 25.7 Å². The zero-order chi connectivity index (χ0) is 21.6. The van der Waals surface area contributed by atoms with Gasteiger partial charge in [-0.25, -0.2) is 0 Å². The maximum atomic E-state index is 12.6. The molecular formula is C23H24N4O3S. The summed E-state index contributed by atoms with van der Waals surface area (Å²) in [6, 6.07) is 16.9. The van der Waals surface area contributed by atoms with Crippen molar-refractivity contribution in [3.63, 3.8) is 0 Å². The third-order valence-electron chi connectivity index (χ3n) is 5.17. The second-order valence-corrected chi connectivity index (χ2v) is 8.56. The van der Waals surface area contributed by atoms with Gasteiger partial charge in [0.25, 0.3) is 11.8 Å². The zero-order valence-electron chi connectivity index (χ0n) is 17.3. The van der Waals surface area contributed by atoms with Crippen molar-refractivity contribution < 1.29 is 14.3 Å². The summed E-state index contributed by atoms with van der Waals surface area (Å²) in [7, 11) is 0. The number of aromatic nitrogens is 2. The Morgan fingerprint density at radius 1 is 1.13 bits per heavy atom. The van der Waals surface area contributed by atoms with Gasteiger partial charge in [0, 0.05) is 24.7 Å². The summed E-state index contributed by atoms with van der Waals surface area (Å²) in [6.45, 7) is 3.27. The molecule has 1 N–H and O–H groups in total. The number of nitrogens with one attached hydrogen (secondary N) is 1. The minimum atomic E-state index is -0.271. The Morgan fingerprint density at radius 3 is 2.68 bits per heavy atom. The van der Waals surface area contributed by atoms with Gasteiger partial charge in [-0.15, -0.1) is 10.2 Å². The Hall–Kier alpha value is -3.26. The lowest BCUT2D eigenvalue weighted by Crippen LogP contribution is -2.41. The number of amides is 2. The van der Waals surface area contributed by atoms with Crippen LogP contribution in [0, 0.1) is 6.92 Å². The molecule has 1 fully saturated rings. The molecule has 31 heavy (non-hydrogen) atoms. The van der Waals surface area contributed by atoms with E-state index in [0.29, 0.717) is 23.8 Å². The molecule has 0 saturated carbocycles. The molecule has 2 heterocycles. The van der Waals surface area contributed by atoms with Gasteiger partial charge in [-0.1, -0.05) is 47.2 Å². The van der Waals surface area contributed by atoms with Crippen LogP contribution in [0.4, 0.5) is 5.69 Å². The normalized spacial score (nSPS) is 16.0. The Morgan fingerprint density at radius 2 is 1.90 bits per heavy atom. The van der Waals surface area contributed by atoms with Crippen LogP contribution in [-0.2, 0) is 4.79 Å². The van der Waals surface area contributed by atoms with Crippen LogP contribution < -0.4 is 10.1 Å². The van der Waals surface area contributed by atoms with Gasteiger partial charge in [0.15, 0.2) is 6.61 Å². The van der Waals surface area contributed by atoms with E-state index >= 15 is 0 Å². The second-order valence-electron chi connectivity index (χ2n) is 7.55. The topological polar surface area (TPSA) is 84.4 Å². The molecule has 2 aromatic carbocycles. The lowest BCUT2D eigenvalue weighted by molar-refractivity contribution is -0.134. The predicted molar refractivity (Wildman–Crippen MR) is 120 cm³/mol. The summed E-state index contributed by atoms with van der Waals surface area (Å²) in [4.78, 5) is 26.9. The van der Waals surface area contributed by atoms with E-state index in [1.165, 1.54) is 11.3 Å². The molecule has 1 aliphatic rings. The lowest BCUT2D eigenvalue weighted by atomic mass is 9.99. The first kappa shape index (κ1) is 21.0. The monoisotopic (exact) mass is 436 g/mol. The molecule has 3 aromatic rings. The summed E-state index contributed by atoms with van der Waals surface area (Å²) in [5, 5.41) is 12.3. The molecule has 0 bridgehead atoms. The van der Waals surface area contributed by atoms with E-state index in [4.69, 9.17) is 4.74 Å². The molecular weight excluding hydrogens is 412 g/mol. The Labute approximate surface area is 185 Å². The van der Waals surface area contributed by atoms with Gasteiger partial charge < -0.3 is 15.0 Å². The second kappa shape index (κ2) is 9.70. The Kier molecular flexibility index (Phi) is 6.57. The van der Waals surface area contributed by atoms with E-state index in [2.05, 4.69) is 15.5 Å². The fourth-order valence-electron chi connectivity index (χ4n) is 3.47. The van der Waals surface area contributed by atoms with Gasteiger partial charge in [0.2, 0.25) is 5.01 Å². The van der Waals surface area contributed by atoms with Crippen molar-refractivity contribution in [3.05, 3.63) is 70.2 Å². The summed E-state index contributed by atoms with van der Waals surface area (Å²) in [5.41, 5.74) is 1.85. The van der Waals surface area contributed by atoms with Crippen LogP contribution in [0.3, 0.4) is 0 Å². The first-order chi connectivity index (χ1) is 15.1. The van der Waals surface area contributed by atoms with Crippen LogP contribution in [0.5, 0.6) is 5.75 Å². The third-order valence-corrected chi connectivity index (χ3v) is 6.26. The van der Waals surface area contributed by atoms with Crippen molar-refractivity contribution >= 4 is 28.8 Å². The highest BCUT2D eigenvalue weighted by Crippen LogP contribution is 2.29. The summed E-state index contributed by atoms with van der Waals surface area (Å²) in [5.74, 6) is 0.439. The number of carbonyl (C=O) groups excluding carboxylic acids is 2. The first-order valence-corrected chi connectivity index (χ1v) is 11.1. The molecule has 1 aliphatic heterocycles. The molecule has 160 valence electrons. The van der Waals surface area contributed by atoms with Crippen LogP contribution in [0.2, 0.25) is 0 Å². The highest BCUT2D eigenvalue weighted by Gasteiger charge is 2.28. The van der Waals surface area contributed by atoms with Crippen LogP contribution in [0.15, 0.2) is 54.6 Å². The van der Waals surface area contributed by atoms with E-state index < -0.39 is 0 Å². The highest BCUT2D eigenvalue weighted by molar-refractivity contribution is 7.13. The van der Waals surface area contributed by atoms with Gasteiger partial charge in [-0.05, 0) is 44.0 Å². The molecule has 1 aromatic heterocycles. The standard InChI is InChI=1S/C23H24N4O3S/c1-16-9-11-18(12-10-16)24-21(29)23-26-25-22(31-23)17-6-5-13-27(14-17)20(28)15-30-19-7-3-2-4-8-19/h2-4,7-12,17H,5-6,13-15H2,1H3,(H,24,29). The average Bonchev–Trinajstić information content (AvgIpc) is 3.30. The van der Waals surface area contributed by atoms with Crippen LogP contribution in [-0.4, -0.2) is 46.6 Å². The van der Waals surface area contributed by atoms with Crippen LogP contribution >= 0.6 is 11.3 Å². The van der Waals surface area contributed by atoms with Gasteiger partial charge in [0.1, 0.15) is 10.8 Å². The lowest BCUT2D eigenvalue weighted by Gasteiger charge is -2.31. The maximum Gasteiger partial charge on any atom is 0.286 e. The average molecular weight is 437 g/mol. The number of anilines is 1. The fraction of sp³-hybridized carbons (Fsp3) is 0.304. The van der Waals surface area contributed by atoms with E-state index in [0.717, 1.165) is 29.1 Å². The number of ether oxygens (including phenoxy) is 1. The first-order valence-electron chi connectivity index (χ1n) is 10.3. The van der Waals surface area contributed by atoms with Crippen LogP contribution in [0.25, 0.3) is 0 Å². The zero-order valence-corrected chi connectivity index (χ0v) is 18.1. The van der Waals surface area contributed by atoms with E-state index in [-0.39, 0.29) is 24.3 Å². The molecule has 1 saturated heterocycles. The minimum Gasteiger partial charge on any atom is -0.484 e. The minimum absolute atomic E-state index is 0.0110. The number of hydrogen-bond donors (Lipinski definition) is 1. The molecule has 8 heteroatoms. The van der Waals surface area contributed by atoms with Crippen molar-refractivity contribution in [2.24, 2.45) is 0 Å². The Bertz CT molecular complexity index is 1040.